The predicted octanol–water partition coefficient (Wildman–Crippen LogP) is 1.21. The number of aliphatic hydroxyl groups is 1. The molecule has 1 aliphatic rings. The van der Waals surface area contributed by atoms with E-state index in [1.165, 1.54) is 17.0 Å². The molecule has 0 aliphatic carbocycles. The van der Waals surface area contributed by atoms with Crippen LogP contribution in [-0.4, -0.2) is 85.3 Å². The second-order valence-electron chi connectivity index (χ2n) is 6.59. The van der Waals surface area contributed by atoms with Crippen molar-refractivity contribution in [3.8, 4) is 0 Å². The molecule has 2 amide bonds. The van der Waals surface area contributed by atoms with Gasteiger partial charge in [-0.15, -0.1) is 0 Å². The number of nitrogens with one attached hydrogen (secondary N) is 1. The number of aryl methyl sites for hydroxylation is 1. The summed E-state index contributed by atoms with van der Waals surface area (Å²) in [5, 5.41) is 12.9. The maximum absolute atomic E-state index is 13.4. The highest BCUT2D eigenvalue weighted by Gasteiger charge is 2.19. The van der Waals surface area contributed by atoms with E-state index in [9.17, 15) is 14.3 Å². The van der Waals surface area contributed by atoms with Gasteiger partial charge in [0.2, 0.25) is 0 Å². The zero-order valence-corrected chi connectivity index (χ0v) is 14.6. The van der Waals surface area contributed by atoms with Crippen molar-refractivity contribution in [3.05, 3.63) is 29.6 Å². The first-order valence-corrected chi connectivity index (χ1v) is 8.22. The number of aliphatic hydroxyl groups excluding tert-OH is 1. The van der Waals surface area contributed by atoms with Gasteiger partial charge in [0, 0.05) is 52.0 Å². The number of benzene rings is 1. The van der Waals surface area contributed by atoms with E-state index in [0.717, 1.165) is 31.7 Å². The number of β-amino-alcohol motifs (C(OH)–C–C–N with tert-alkyl or cyclic N) is 1. The molecule has 6 nitrogen and oxygen atoms in total. The lowest BCUT2D eigenvalue weighted by Crippen LogP contribution is -2.49. The molecule has 0 bridgehead atoms. The number of amides is 2. The van der Waals surface area contributed by atoms with Crippen molar-refractivity contribution in [3.63, 3.8) is 0 Å². The number of rotatable bonds is 5. The molecule has 1 fully saturated rings. The van der Waals surface area contributed by atoms with E-state index in [1.54, 1.807) is 20.0 Å². The fraction of sp³-hybridized carbons (Fsp3) is 0.588. The lowest BCUT2D eigenvalue weighted by atomic mass is 10.2. The van der Waals surface area contributed by atoms with E-state index >= 15 is 0 Å². The zero-order valence-electron chi connectivity index (χ0n) is 14.6. The van der Waals surface area contributed by atoms with E-state index in [4.69, 9.17) is 0 Å². The van der Waals surface area contributed by atoms with Gasteiger partial charge in [-0.05, 0) is 37.7 Å². The van der Waals surface area contributed by atoms with Crippen molar-refractivity contribution < 1.29 is 14.3 Å². The van der Waals surface area contributed by atoms with Crippen LogP contribution in [0.1, 0.15) is 5.56 Å². The van der Waals surface area contributed by atoms with Crippen LogP contribution in [0.2, 0.25) is 0 Å². The number of piperazine rings is 1. The molecule has 0 spiro atoms. The second kappa shape index (κ2) is 8.41. The molecule has 134 valence electrons. The highest BCUT2D eigenvalue weighted by molar-refractivity contribution is 5.89. The lowest BCUT2D eigenvalue weighted by Gasteiger charge is -2.34. The van der Waals surface area contributed by atoms with Crippen LogP contribution >= 0.6 is 0 Å². The molecule has 0 radical (unpaired) electrons. The summed E-state index contributed by atoms with van der Waals surface area (Å²) in [6.07, 6.45) is -0.613. The van der Waals surface area contributed by atoms with Crippen molar-refractivity contribution >= 4 is 11.7 Å². The molecular formula is C17H27FN4O2. The predicted molar refractivity (Wildman–Crippen MR) is 92.7 cm³/mol. The van der Waals surface area contributed by atoms with Crippen molar-refractivity contribution in [2.75, 3.05) is 58.7 Å². The molecule has 2 rings (SSSR count). The number of hydrogen-bond donors (Lipinski definition) is 2. The zero-order chi connectivity index (χ0) is 17.7. The monoisotopic (exact) mass is 338 g/mol. The Hall–Kier alpha value is -1.70. The lowest BCUT2D eigenvalue weighted by molar-refractivity contribution is 0.0670. The van der Waals surface area contributed by atoms with Gasteiger partial charge in [0.1, 0.15) is 5.82 Å². The van der Waals surface area contributed by atoms with Gasteiger partial charge in [-0.25, -0.2) is 9.18 Å². The minimum absolute atomic E-state index is 0.229. The SMILES string of the molecule is Cc1cc(F)cc(NC(=O)N(C)CC(O)CN2CCN(C)CC2)c1. The Bertz CT molecular complexity index is 541. The number of carbonyl (C=O) groups is 1. The Morgan fingerprint density at radius 2 is 2.00 bits per heavy atom. The van der Waals surface area contributed by atoms with Crippen LogP contribution < -0.4 is 5.32 Å². The van der Waals surface area contributed by atoms with Crippen molar-refractivity contribution in [1.82, 2.24) is 14.7 Å². The second-order valence-corrected chi connectivity index (χ2v) is 6.59. The minimum Gasteiger partial charge on any atom is -0.390 e. The van der Waals surface area contributed by atoms with Gasteiger partial charge >= 0.3 is 6.03 Å². The molecule has 1 saturated heterocycles. The van der Waals surface area contributed by atoms with E-state index < -0.39 is 6.10 Å². The third kappa shape index (κ3) is 5.74. The molecule has 1 heterocycles. The third-order valence-corrected chi connectivity index (χ3v) is 4.19. The third-order valence-electron chi connectivity index (χ3n) is 4.19. The Morgan fingerprint density at radius 3 is 2.62 bits per heavy atom. The summed E-state index contributed by atoms with van der Waals surface area (Å²) in [7, 11) is 3.70. The average molecular weight is 338 g/mol. The number of urea groups is 1. The van der Waals surface area contributed by atoms with Crippen LogP contribution in [0.4, 0.5) is 14.9 Å². The highest BCUT2D eigenvalue weighted by atomic mass is 19.1. The van der Waals surface area contributed by atoms with Crippen molar-refractivity contribution in [2.45, 2.75) is 13.0 Å². The fourth-order valence-electron chi connectivity index (χ4n) is 2.81. The molecule has 1 atom stereocenters. The van der Waals surface area contributed by atoms with Crippen LogP contribution in [0.5, 0.6) is 0 Å². The first kappa shape index (κ1) is 18.6. The van der Waals surface area contributed by atoms with Crippen LogP contribution in [0.3, 0.4) is 0 Å². The Morgan fingerprint density at radius 1 is 1.33 bits per heavy atom. The molecular weight excluding hydrogens is 311 g/mol. The number of halogens is 1. The van der Waals surface area contributed by atoms with Crippen LogP contribution in [-0.2, 0) is 0 Å². The summed E-state index contributed by atoms with van der Waals surface area (Å²) >= 11 is 0. The smallest absolute Gasteiger partial charge is 0.321 e. The summed E-state index contributed by atoms with van der Waals surface area (Å²) in [5.74, 6) is -0.386. The summed E-state index contributed by atoms with van der Waals surface area (Å²) in [6.45, 7) is 6.36. The molecule has 1 unspecified atom stereocenters. The maximum atomic E-state index is 13.4. The minimum atomic E-state index is -0.613. The van der Waals surface area contributed by atoms with Crippen molar-refractivity contribution in [2.24, 2.45) is 0 Å². The van der Waals surface area contributed by atoms with Crippen LogP contribution in [0.15, 0.2) is 18.2 Å². The average Bonchev–Trinajstić information content (AvgIpc) is 2.48. The first-order valence-electron chi connectivity index (χ1n) is 8.22. The molecule has 0 aromatic heterocycles. The maximum Gasteiger partial charge on any atom is 0.321 e. The van der Waals surface area contributed by atoms with E-state index in [0.29, 0.717) is 12.2 Å². The fourth-order valence-corrected chi connectivity index (χ4v) is 2.81. The van der Waals surface area contributed by atoms with Crippen LogP contribution in [0, 0.1) is 12.7 Å². The number of anilines is 1. The summed E-state index contributed by atoms with van der Waals surface area (Å²) in [5.41, 5.74) is 1.15. The Balaban J connectivity index is 1.80. The molecule has 2 N–H and O–H groups in total. The van der Waals surface area contributed by atoms with E-state index in [2.05, 4.69) is 22.2 Å². The molecule has 1 aromatic rings. The summed E-state index contributed by atoms with van der Waals surface area (Å²) in [4.78, 5) is 18.0. The first-order chi connectivity index (χ1) is 11.3. The van der Waals surface area contributed by atoms with E-state index in [1.807, 2.05) is 0 Å². The van der Waals surface area contributed by atoms with Gasteiger partial charge in [0.15, 0.2) is 0 Å². The Labute approximate surface area is 142 Å². The number of hydrogen-bond acceptors (Lipinski definition) is 4. The topological polar surface area (TPSA) is 59.1 Å². The normalized spacial score (nSPS) is 17.5. The number of carbonyl (C=O) groups excluding carboxylic acids is 1. The van der Waals surface area contributed by atoms with Gasteiger partial charge in [0.05, 0.1) is 6.10 Å². The summed E-state index contributed by atoms with van der Waals surface area (Å²) in [6, 6.07) is 4.02. The number of likely N-dealkylation sites (N-methyl/N-ethyl adjacent to an activating group) is 2. The van der Waals surface area contributed by atoms with Crippen LogP contribution in [0.25, 0.3) is 0 Å². The summed E-state index contributed by atoms with van der Waals surface area (Å²) < 4.78 is 13.4. The number of nitrogens with zero attached hydrogens (tertiary/aromatic N) is 3. The van der Waals surface area contributed by atoms with Gasteiger partial charge in [-0.2, -0.15) is 0 Å². The van der Waals surface area contributed by atoms with E-state index in [-0.39, 0.29) is 18.4 Å². The van der Waals surface area contributed by atoms with Gasteiger partial charge in [0.25, 0.3) is 0 Å². The van der Waals surface area contributed by atoms with Gasteiger partial charge in [-0.1, -0.05) is 0 Å². The molecule has 24 heavy (non-hydrogen) atoms. The van der Waals surface area contributed by atoms with Gasteiger partial charge in [-0.3, -0.25) is 4.90 Å². The largest absolute Gasteiger partial charge is 0.390 e. The van der Waals surface area contributed by atoms with Gasteiger partial charge < -0.3 is 20.2 Å². The Kier molecular flexibility index (Phi) is 6.53. The molecule has 1 aromatic carbocycles. The quantitative estimate of drug-likeness (QED) is 0.847. The molecule has 0 saturated carbocycles. The van der Waals surface area contributed by atoms with Crippen molar-refractivity contribution in [1.29, 1.82) is 0 Å². The molecule has 7 heteroatoms. The highest BCUT2D eigenvalue weighted by Crippen LogP contribution is 2.13. The standard InChI is InChI=1S/C17H27FN4O2/c1-13-8-14(18)10-15(9-13)19-17(24)21(3)11-16(23)12-22-6-4-20(2)5-7-22/h8-10,16,23H,4-7,11-12H2,1-3H3,(H,19,24). The molecule has 1 aliphatic heterocycles.